The molecule has 0 saturated heterocycles. The van der Waals surface area contributed by atoms with Gasteiger partial charge in [0, 0.05) is 11.5 Å². The quantitative estimate of drug-likeness (QED) is 0.901. The summed E-state index contributed by atoms with van der Waals surface area (Å²) in [6.45, 7) is 3.99. The minimum Gasteiger partial charge on any atom is -0.507 e. The number of ether oxygens (including phenoxy) is 1. The number of aryl methyl sites for hydroxylation is 1. The van der Waals surface area contributed by atoms with Crippen LogP contribution < -0.4 is 4.74 Å². The third kappa shape index (κ3) is 2.84. The molecule has 0 aliphatic carbocycles. The molecule has 0 bridgehead atoms. The molecule has 0 heterocycles. The maximum atomic E-state index is 11.3. The van der Waals surface area contributed by atoms with Crippen LogP contribution in [-0.2, 0) is 0 Å². The van der Waals surface area contributed by atoms with Gasteiger partial charge in [-0.3, -0.25) is 0 Å². The summed E-state index contributed by atoms with van der Waals surface area (Å²) in [5.74, 6) is -1.34. The van der Waals surface area contributed by atoms with Gasteiger partial charge in [-0.2, -0.15) is 0 Å². The Morgan fingerprint density at radius 1 is 1.14 bits per heavy atom. The highest BCUT2D eigenvalue weighted by molar-refractivity contribution is 5.94. The predicted molar refractivity (Wildman–Crippen MR) is 80.3 cm³/mol. The van der Waals surface area contributed by atoms with Crippen LogP contribution in [0, 0.1) is 6.92 Å². The van der Waals surface area contributed by atoms with E-state index >= 15 is 0 Å². The second-order valence-electron chi connectivity index (χ2n) is 5.02. The molecule has 0 spiro atoms. The van der Waals surface area contributed by atoms with E-state index in [2.05, 4.69) is 0 Å². The molecular formula is C17H18O4. The van der Waals surface area contributed by atoms with Crippen molar-refractivity contribution >= 4 is 5.97 Å². The SMILES string of the molecule is COc1c(C(C)c2ccc(C)cc2)ccc(O)c1C(=O)O. The number of benzene rings is 2. The number of rotatable bonds is 4. The van der Waals surface area contributed by atoms with Gasteiger partial charge in [0.2, 0.25) is 0 Å². The zero-order chi connectivity index (χ0) is 15.6. The third-order valence-electron chi connectivity index (χ3n) is 3.63. The molecule has 0 saturated carbocycles. The van der Waals surface area contributed by atoms with Crippen LogP contribution in [0.1, 0.15) is 39.9 Å². The average Bonchev–Trinajstić information content (AvgIpc) is 2.46. The van der Waals surface area contributed by atoms with Gasteiger partial charge < -0.3 is 14.9 Å². The third-order valence-corrected chi connectivity index (χ3v) is 3.63. The Morgan fingerprint density at radius 3 is 2.29 bits per heavy atom. The molecule has 2 aromatic rings. The molecular weight excluding hydrogens is 268 g/mol. The molecule has 4 heteroatoms. The van der Waals surface area contributed by atoms with E-state index in [9.17, 15) is 15.0 Å². The van der Waals surface area contributed by atoms with Gasteiger partial charge in [0.05, 0.1) is 7.11 Å². The van der Waals surface area contributed by atoms with Crippen molar-refractivity contribution in [3.63, 3.8) is 0 Å². The van der Waals surface area contributed by atoms with E-state index in [1.165, 1.54) is 13.2 Å². The minimum absolute atomic E-state index is 0.0424. The highest BCUT2D eigenvalue weighted by Gasteiger charge is 2.23. The van der Waals surface area contributed by atoms with Crippen LogP contribution in [0.25, 0.3) is 0 Å². The van der Waals surface area contributed by atoms with Crippen LogP contribution in [0.2, 0.25) is 0 Å². The van der Waals surface area contributed by atoms with Crippen molar-refractivity contribution in [2.24, 2.45) is 0 Å². The van der Waals surface area contributed by atoms with E-state index in [0.29, 0.717) is 0 Å². The van der Waals surface area contributed by atoms with Gasteiger partial charge in [-0.05, 0) is 18.6 Å². The van der Waals surface area contributed by atoms with Crippen LogP contribution in [0.15, 0.2) is 36.4 Å². The maximum absolute atomic E-state index is 11.3. The summed E-state index contributed by atoms with van der Waals surface area (Å²) < 4.78 is 5.24. The van der Waals surface area contributed by atoms with Crippen molar-refractivity contribution in [3.8, 4) is 11.5 Å². The monoisotopic (exact) mass is 286 g/mol. The van der Waals surface area contributed by atoms with E-state index in [1.807, 2.05) is 38.1 Å². The Kier molecular flexibility index (Phi) is 4.17. The molecule has 2 rings (SSSR count). The molecule has 0 fully saturated rings. The topological polar surface area (TPSA) is 66.8 Å². The van der Waals surface area contributed by atoms with Crippen LogP contribution in [0.4, 0.5) is 0 Å². The Labute approximate surface area is 123 Å². The minimum atomic E-state index is -1.21. The van der Waals surface area contributed by atoms with Gasteiger partial charge in [-0.1, -0.05) is 42.8 Å². The van der Waals surface area contributed by atoms with Crippen molar-refractivity contribution in [1.29, 1.82) is 0 Å². The number of hydrogen-bond donors (Lipinski definition) is 2. The van der Waals surface area contributed by atoms with Gasteiger partial charge in [-0.15, -0.1) is 0 Å². The van der Waals surface area contributed by atoms with Crippen LogP contribution in [0.3, 0.4) is 0 Å². The first-order valence-corrected chi connectivity index (χ1v) is 6.65. The number of carboxylic acids is 1. The number of aromatic carboxylic acids is 1. The van der Waals surface area contributed by atoms with Crippen molar-refractivity contribution in [2.75, 3.05) is 7.11 Å². The van der Waals surface area contributed by atoms with Gasteiger partial charge in [0.15, 0.2) is 0 Å². The normalized spacial score (nSPS) is 12.0. The number of hydrogen-bond acceptors (Lipinski definition) is 3. The summed E-state index contributed by atoms with van der Waals surface area (Å²) >= 11 is 0. The maximum Gasteiger partial charge on any atom is 0.343 e. The molecule has 2 N–H and O–H groups in total. The second kappa shape index (κ2) is 5.87. The van der Waals surface area contributed by atoms with Gasteiger partial charge in [0.1, 0.15) is 17.1 Å². The number of aromatic hydroxyl groups is 1. The van der Waals surface area contributed by atoms with Gasteiger partial charge in [0.25, 0.3) is 0 Å². The molecule has 4 nitrogen and oxygen atoms in total. The lowest BCUT2D eigenvalue weighted by atomic mass is 9.90. The van der Waals surface area contributed by atoms with Gasteiger partial charge in [-0.25, -0.2) is 4.79 Å². The molecule has 0 radical (unpaired) electrons. The summed E-state index contributed by atoms with van der Waals surface area (Å²) in [7, 11) is 1.41. The molecule has 110 valence electrons. The van der Waals surface area contributed by atoms with E-state index in [4.69, 9.17) is 4.74 Å². The van der Waals surface area contributed by atoms with E-state index < -0.39 is 5.97 Å². The van der Waals surface area contributed by atoms with Crippen molar-refractivity contribution in [3.05, 3.63) is 58.7 Å². The summed E-state index contributed by atoms with van der Waals surface area (Å²) in [5, 5.41) is 19.0. The Balaban J connectivity index is 2.55. The van der Waals surface area contributed by atoms with E-state index in [1.54, 1.807) is 6.07 Å². The number of carboxylic acid groups (broad SMARTS) is 1. The lowest BCUT2D eigenvalue weighted by Gasteiger charge is -2.18. The molecule has 0 amide bonds. The highest BCUT2D eigenvalue weighted by Crippen LogP contribution is 2.38. The first-order valence-electron chi connectivity index (χ1n) is 6.65. The van der Waals surface area contributed by atoms with Crippen LogP contribution >= 0.6 is 0 Å². The first kappa shape index (κ1) is 14.9. The lowest BCUT2D eigenvalue weighted by Crippen LogP contribution is -2.06. The molecule has 0 aliphatic heterocycles. The smallest absolute Gasteiger partial charge is 0.343 e. The van der Waals surface area contributed by atoms with E-state index in [-0.39, 0.29) is 23.0 Å². The largest absolute Gasteiger partial charge is 0.507 e. The molecule has 0 aromatic heterocycles. The van der Waals surface area contributed by atoms with Crippen LogP contribution in [-0.4, -0.2) is 23.3 Å². The molecule has 2 aromatic carbocycles. The molecule has 0 aliphatic rings. The first-order chi connectivity index (χ1) is 9.95. The number of methoxy groups -OCH3 is 1. The summed E-state index contributed by atoms with van der Waals surface area (Å²) in [6, 6.07) is 11.1. The van der Waals surface area contributed by atoms with E-state index in [0.717, 1.165) is 16.7 Å². The number of carbonyl (C=O) groups is 1. The molecule has 1 atom stereocenters. The highest BCUT2D eigenvalue weighted by atomic mass is 16.5. The van der Waals surface area contributed by atoms with Crippen molar-refractivity contribution in [1.82, 2.24) is 0 Å². The standard InChI is InChI=1S/C17H18O4/c1-10-4-6-12(7-5-10)11(2)13-8-9-14(18)15(17(19)20)16(13)21-3/h4-9,11,18H,1-3H3,(H,19,20). The lowest BCUT2D eigenvalue weighted by molar-refractivity contribution is 0.0689. The van der Waals surface area contributed by atoms with Crippen LogP contribution in [0.5, 0.6) is 11.5 Å². The molecule has 21 heavy (non-hydrogen) atoms. The fraction of sp³-hybridized carbons (Fsp3) is 0.235. The fourth-order valence-corrected chi connectivity index (χ4v) is 2.39. The zero-order valence-electron chi connectivity index (χ0n) is 12.3. The fourth-order valence-electron chi connectivity index (χ4n) is 2.39. The Bertz CT molecular complexity index is 659. The summed E-state index contributed by atoms with van der Waals surface area (Å²) in [4.78, 5) is 11.3. The average molecular weight is 286 g/mol. The summed E-state index contributed by atoms with van der Waals surface area (Å²) in [5.41, 5.74) is 2.75. The second-order valence-corrected chi connectivity index (χ2v) is 5.02. The molecule has 1 unspecified atom stereocenters. The van der Waals surface area contributed by atoms with Gasteiger partial charge >= 0.3 is 5.97 Å². The Morgan fingerprint density at radius 2 is 1.76 bits per heavy atom. The predicted octanol–water partition coefficient (Wildman–Crippen LogP) is 3.56. The zero-order valence-corrected chi connectivity index (χ0v) is 12.3. The number of phenols is 1. The summed E-state index contributed by atoms with van der Waals surface area (Å²) in [6.07, 6.45) is 0. The van der Waals surface area contributed by atoms with Crippen molar-refractivity contribution < 1.29 is 19.7 Å². The van der Waals surface area contributed by atoms with Crippen molar-refractivity contribution in [2.45, 2.75) is 19.8 Å². The Hall–Kier alpha value is -2.49.